The molecule has 1 amide bonds. The Balaban J connectivity index is 1.82. The number of rotatable bonds is 4. The smallest absolute Gasteiger partial charge is 0.270 e. The Morgan fingerprint density at radius 2 is 2.10 bits per heavy atom. The summed E-state index contributed by atoms with van der Waals surface area (Å²) >= 11 is 6.11. The van der Waals surface area contributed by atoms with Crippen molar-refractivity contribution in [2.24, 2.45) is 0 Å². The molecule has 0 atom stereocenters. The highest BCUT2D eigenvalue weighted by Crippen LogP contribution is 2.37. The van der Waals surface area contributed by atoms with E-state index in [2.05, 4.69) is 16.8 Å². The van der Waals surface area contributed by atoms with Crippen molar-refractivity contribution in [3.8, 4) is 0 Å². The first-order chi connectivity index (χ1) is 9.70. The maximum absolute atomic E-state index is 12.9. The van der Waals surface area contributed by atoms with E-state index >= 15 is 0 Å². The predicted molar refractivity (Wildman–Crippen MR) is 80.3 cm³/mol. The van der Waals surface area contributed by atoms with Crippen LogP contribution in [0.5, 0.6) is 0 Å². The summed E-state index contributed by atoms with van der Waals surface area (Å²) in [4.78, 5) is 14.9. The van der Waals surface area contributed by atoms with E-state index in [4.69, 9.17) is 11.6 Å². The first kappa shape index (κ1) is 14.0. The van der Waals surface area contributed by atoms with E-state index in [-0.39, 0.29) is 5.91 Å². The van der Waals surface area contributed by atoms with Crippen molar-refractivity contribution in [2.75, 3.05) is 19.6 Å². The van der Waals surface area contributed by atoms with E-state index in [0.29, 0.717) is 17.1 Å². The number of aromatic nitrogens is 1. The van der Waals surface area contributed by atoms with Crippen LogP contribution in [0.1, 0.15) is 49.1 Å². The van der Waals surface area contributed by atoms with Gasteiger partial charge in [0.15, 0.2) is 0 Å². The zero-order valence-electron chi connectivity index (χ0n) is 11.9. The molecule has 5 heteroatoms. The zero-order valence-corrected chi connectivity index (χ0v) is 12.7. The molecule has 2 aliphatic rings. The van der Waals surface area contributed by atoms with Crippen molar-refractivity contribution in [2.45, 2.75) is 44.7 Å². The van der Waals surface area contributed by atoms with Crippen LogP contribution in [0.15, 0.2) is 12.3 Å². The summed E-state index contributed by atoms with van der Waals surface area (Å²) in [6.07, 6.45) is 6.30. The number of carbonyl (C=O) groups excluding carboxylic acids is 1. The second-order valence-electron chi connectivity index (χ2n) is 5.75. The van der Waals surface area contributed by atoms with Gasteiger partial charge in [0.05, 0.1) is 5.02 Å². The molecule has 1 aromatic heterocycles. The van der Waals surface area contributed by atoms with Crippen LogP contribution < -0.4 is 5.32 Å². The molecule has 3 rings (SSSR count). The third-order valence-electron chi connectivity index (χ3n) is 4.33. The van der Waals surface area contributed by atoms with Crippen LogP contribution in [0, 0.1) is 0 Å². The van der Waals surface area contributed by atoms with E-state index in [1.54, 1.807) is 0 Å². The molecule has 0 spiro atoms. The Morgan fingerprint density at radius 3 is 2.70 bits per heavy atom. The molecule has 1 aliphatic carbocycles. The highest BCUT2D eigenvalue weighted by atomic mass is 35.5. The Morgan fingerprint density at radius 1 is 1.40 bits per heavy atom. The van der Waals surface area contributed by atoms with Crippen LogP contribution in [0.2, 0.25) is 5.02 Å². The van der Waals surface area contributed by atoms with Crippen molar-refractivity contribution in [1.29, 1.82) is 0 Å². The van der Waals surface area contributed by atoms with E-state index in [0.717, 1.165) is 51.0 Å². The summed E-state index contributed by atoms with van der Waals surface area (Å²) < 4.78 is 2.08. The molecule has 4 nitrogen and oxygen atoms in total. The van der Waals surface area contributed by atoms with Crippen molar-refractivity contribution in [3.05, 3.63) is 23.0 Å². The van der Waals surface area contributed by atoms with Gasteiger partial charge in [0, 0.05) is 24.8 Å². The maximum atomic E-state index is 12.9. The van der Waals surface area contributed by atoms with Crippen LogP contribution in [0.3, 0.4) is 0 Å². The van der Waals surface area contributed by atoms with Gasteiger partial charge in [0.25, 0.3) is 5.91 Å². The molecule has 1 aromatic rings. The molecule has 0 aromatic carbocycles. The minimum Gasteiger partial charge on any atom is -0.339 e. The molecule has 2 heterocycles. The molecule has 1 aliphatic heterocycles. The lowest BCUT2D eigenvalue weighted by Crippen LogP contribution is -2.46. The summed E-state index contributed by atoms with van der Waals surface area (Å²) in [6, 6.07) is 2.66. The van der Waals surface area contributed by atoms with E-state index in [9.17, 15) is 4.79 Å². The normalized spacial score (nSPS) is 20.1. The second-order valence-corrected chi connectivity index (χ2v) is 6.19. The molecule has 110 valence electrons. The number of hydrogen-bond donors (Lipinski definition) is 1. The highest BCUT2D eigenvalue weighted by Gasteiger charge is 2.31. The summed E-state index contributed by atoms with van der Waals surface area (Å²) in [6.45, 7) is 4.82. The fourth-order valence-electron chi connectivity index (χ4n) is 3.10. The Bertz CT molecular complexity index is 489. The SMILES string of the molecule is CCN(C(=O)c1cc(Cl)cn1C1CC1)C1CCNCC1. The lowest BCUT2D eigenvalue weighted by atomic mass is 10.0. The molecule has 2 fully saturated rings. The van der Waals surface area contributed by atoms with Crippen LogP contribution >= 0.6 is 11.6 Å². The standard InChI is InChI=1S/C15H22ClN3O/c1-2-18(13-5-7-17-8-6-13)15(20)14-9-11(16)10-19(14)12-3-4-12/h9-10,12-13,17H,2-8H2,1H3. The number of nitrogens with one attached hydrogen (secondary N) is 1. The first-order valence-corrected chi connectivity index (χ1v) is 7.97. The number of hydrogen-bond acceptors (Lipinski definition) is 2. The first-order valence-electron chi connectivity index (χ1n) is 7.59. The zero-order chi connectivity index (χ0) is 14.1. The molecule has 1 saturated carbocycles. The Hall–Kier alpha value is -1.00. The summed E-state index contributed by atoms with van der Waals surface area (Å²) in [5, 5.41) is 4.02. The molecule has 0 unspecified atom stereocenters. The lowest BCUT2D eigenvalue weighted by molar-refractivity contribution is 0.0645. The van der Waals surface area contributed by atoms with Crippen LogP contribution in [-0.2, 0) is 0 Å². The van der Waals surface area contributed by atoms with Gasteiger partial charge >= 0.3 is 0 Å². The topological polar surface area (TPSA) is 37.3 Å². The molecular formula is C15H22ClN3O. The number of halogens is 1. The van der Waals surface area contributed by atoms with Crippen LogP contribution in [0.25, 0.3) is 0 Å². The quantitative estimate of drug-likeness (QED) is 0.927. The summed E-state index contributed by atoms with van der Waals surface area (Å²) in [7, 11) is 0. The average molecular weight is 296 g/mol. The fraction of sp³-hybridized carbons (Fsp3) is 0.667. The Labute approximate surface area is 125 Å². The molecular weight excluding hydrogens is 274 g/mol. The van der Waals surface area contributed by atoms with Gasteiger partial charge in [0.1, 0.15) is 5.69 Å². The number of piperidine rings is 1. The predicted octanol–water partition coefficient (Wildman–Crippen LogP) is 2.69. The third kappa shape index (κ3) is 2.72. The van der Waals surface area contributed by atoms with Gasteiger partial charge in [-0.3, -0.25) is 4.79 Å². The Kier molecular flexibility index (Phi) is 4.03. The minimum atomic E-state index is 0.137. The summed E-state index contributed by atoms with van der Waals surface area (Å²) in [5.74, 6) is 0.137. The van der Waals surface area contributed by atoms with Gasteiger partial charge in [-0.15, -0.1) is 0 Å². The molecule has 1 N–H and O–H groups in total. The molecule has 0 radical (unpaired) electrons. The van der Waals surface area contributed by atoms with Gasteiger partial charge in [-0.05, 0) is 51.8 Å². The summed E-state index contributed by atoms with van der Waals surface area (Å²) in [5.41, 5.74) is 0.762. The molecule has 20 heavy (non-hydrogen) atoms. The fourth-order valence-corrected chi connectivity index (χ4v) is 3.31. The number of carbonyl (C=O) groups is 1. The monoisotopic (exact) mass is 295 g/mol. The van der Waals surface area contributed by atoms with Gasteiger partial charge in [-0.25, -0.2) is 0 Å². The van der Waals surface area contributed by atoms with Crippen molar-refractivity contribution in [1.82, 2.24) is 14.8 Å². The lowest BCUT2D eigenvalue weighted by Gasteiger charge is -2.34. The van der Waals surface area contributed by atoms with Crippen molar-refractivity contribution >= 4 is 17.5 Å². The number of amides is 1. The largest absolute Gasteiger partial charge is 0.339 e. The molecule has 1 saturated heterocycles. The molecule has 0 bridgehead atoms. The second kappa shape index (κ2) is 5.78. The minimum absolute atomic E-state index is 0.137. The average Bonchev–Trinajstić information content (AvgIpc) is 3.23. The van der Waals surface area contributed by atoms with Gasteiger partial charge < -0.3 is 14.8 Å². The van der Waals surface area contributed by atoms with Crippen LogP contribution in [0.4, 0.5) is 0 Å². The van der Waals surface area contributed by atoms with Gasteiger partial charge in [0.2, 0.25) is 0 Å². The van der Waals surface area contributed by atoms with E-state index in [1.165, 1.54) is 0 Å². The van der Waals surface area contributed by atoms with E-state index in [1.807, 2.05) is 17.2 Å². The highest BCUT2D eigenvalue weighted by molar-refractivity contribution is 6.31. The van der Waals surface area contributed by atoms with Gasteiger partial charge in [-0.1, -0.05) is 11.6 Å². The maximum Gasteiger partial charge on any atom is 0.270 e. The van der Waals surface area contributed by atoms with E-state index < -0.39 is 0 Å². The third-order valence-corrected chi connectivity index (χ3v) is 4.53. The van der Waals surface area contributed by atoms with Gasteiger partial charge in [-0.2, -0.15) is 0 Å². The van der Waals surface area contributed by atoms with Crippen LogP contribution in [-0.4, -0.2) is 41.1 Å². The number of nitrogens with zero attached hydrogens (tertiary/aromatic N) is 2. The van der Waals surface area contributed by atoms with Crippen molar-refractivity contribution < 1.29 is 4.79 Å². The van der Waals surface area contributed by atoms with Crippen molar-refractivity contribution in [3.63, 3.8) is 0 Å².